The van der Waals surface area contributed by atoms with Crippen molar-refractivity contribution in [1.82, 2.24) is 0 Å². The average molecular weight is 547 g/mol. The topological polar surface area (TPSA) is 110 Å². The van der Waals surface area contributed by atoms with E-state index in [-0.39, 0.29) is 59.3 Å². The van der Waals surface area contributed by atoms with Gasteiger partial charge in [0.25, 0.3) is 0 Å². The Balaban J connectivity index is 1.82. The van der Waals surface area contributed by atoms with Gasteiger partial charge in [0.2, 0.25) is 0 Å². The third-order valence-electron chi connectivity index (χ3n) is 9.02. The molecule has 6 rings (SSSR count). The molecule has 1 spiro atoms. The number of phenolic OH excluding ortho intramolecular Hbond substituents is 2. The first kappa shape index (κ1) is 28.1. The van der Waals surface area contributed by atoms with Crippen molar-refractivity contribution < 1.29 is 34.1 Å². The normalized spacial score (nSPS) is 29.3. The third kappa shape index (κ3) is 3.70. The second-order valence-electron chi connectivity index (χ2n) is 12.6. The van der Waals surface area contributed by atoms with Gasteiger partial charge in [0, 0.05) is 35.0 Å². The number of Topliss-reactive ketones (excluding diaryl/α,β-unsaturated/α-hetero) is 2. The SMILES string of the molecule is CC(C)=CCc1c(O)c(CC=C(C)C)c2c(c1O)C(=O)C1=C[C@@H]3CC4C(C)(C)O[C@@](C/C=C(\C)C=O)(C3=O)[C@@]14O2. The first-order valence-electron chi connectivity index (χ1n) is 13.9. The highest BCUT2D eigenvalue weighted by atomic mass is 16.6. The van der Waals surface area contributed by atoms with E-state index in [1.165, 1.54) is 0 Å². The van der Waals surface area contributed by atoms with Gasteiger partial charge in [-0.05, 0) is 73.3 Å². The number of hydrogen-bond acceptors (Lipinski definition) is 7. The van der Waals surface area contributed by atoms with E-state index in [0.717, 1.165) is 17.4 Å². The van der Waals surface area contributed by atoms with E-state index in [9.17, 15) is 24.6 Å². The zero-order valence-electron chi connectivity index (χ0n) is 24.3. The molecule has 7 heteroatoms. The fourth-order valence-corrected chi connectivity index (χ4v) is 7.11. The Hall–Kier alpha value is -3.45. The molecule has 1 aromatic rings. The molecule has 0 amide bonds. The number of allylic oxidation sites excluding steroid dienone is 6. The van der Waals surface area contributed by atoms with E-state index in [2.05, 4.69) is 0 Å². The van der Waals surface area contributed by atoms with Gasteiger partial charge < -0.3 is 19.7 Å². The predicted molar refractivity (Wildman–Crippen MR) is 151 cm³/mol. The van der Waals surface area contributed by atoms with Crippen LogP contribution in [-0.2, 0) is 27.2 Å². The monoisotopic (exact) mass is 546 g/mol. The van der Waals surface area contributed by atoms with Gasteiger partial charge in [-0.15, -0.1) is 0 Å². The van der Waals surface area contributed by atoms with Gasteiger partial charge in [0.05, 0.1) is 5.60 Å². The van der Waals surface area contributed by atoms with Gasteiger partial charge in [-0.3, -0.25) is 14.4 Å². The molecule has 0 aromatic heterocycles. The Morgan fingerprint density at radius 2 is 1.60 bits per heavy atom. The maximum absolute atomic E-state index is 14.5. The highest BCUT2D eigenvalue weighted by Gasteiger charge is 2.81. The lowest BCUT2D eigenvalue weighted by Gasteiger charge is -2.56. The predicted octanol–water partition coefficient (Wildman–Crippen LogP) is 5.66. The molecule has 4 bridgehead atoms. The summed E-state index contributed by atoms with van der Waals surface area (Å²) < 4.78 is 13.6. The van der Waals surface area contributed by atoms with E-state index in [1.807, 2.05) is 53.7 Å². The van der Waals surface area contributed by atoms with Crippen LogP contribution in [-0.4, -0.2) is 44.9 Å². The van der Waals surface area contributed by atoms with Crippen LogP contribution in [0.4, 0.5) is 0 Å². The van der Waals surface area contributed by atoms with Gasteiger partial charge >= 0.3 is 0 Å². The van der Waals surface area contributed by atoms with Crippen LogP contribution in [0.5, 0.6) is 17.2 Å². The summed E-state index contributed by atoms with van der Waals surface area (Å²) in [5.74, 6) is -1.83. The maximum atomic E-state index is 14.5. The number of rotatable bonds is 7. The van der Waals surface area contributed by atoms with E-state index in [1.54, 1.807) is 19.1 Å². The van der Waals surface area contributed by atoms with Crippen LogP contribution in [0.3, 0.4) is 0 Å². The molecule has 7 nitrogen and oxygen atoms in total. The smallest absolute Gasteiger partial charge is 0.200 e. The molecular formula is C33H38O7. The molecule has 2 fully saturated rings. The Morgan fingerprint density at radius 3 is 2.20 bits per heavy atom. The minimum Gasteiger partial charge on any atom is -0.507 e. The number of carbonyl (C=O) groups excluding carboxylic acids is 3. The maximum Gasteiger partial charge on any atom is 0.200 e. The van der Waals surface area contributed by atoms with Crippen molar-refractivity contribution in [3.8, 4) is 17.2 Å². The summed E-state index contributed by atoms with van der Waals surface area (Å²) in [4.78, 5) is 40.0. The molecule has 212 valence electrons. The highest BCUT2D eigenvalue weighted by molar-refractivity contribution is 6.18. The van der Waals surface area contributed by atoms with Crippen LogP contribution < -0.4 is 4.74 Å². The van der Waals surface area contributed by atoms with Crippen LogP contribution in [0, 0.1) is 11.8 Å². The van der Waals surface area contributed by atoms with Crippen LogP contribution in [0.15, 0.2) is 46.6 Å². The summed E-state index contributed by atoms with van der Waals surface area (Å²) in [5, 5.41) is 23.0. The summed E-state index contributed by atoms with van der Waals surface area (Å²) in [6.45, 7) is 13.2. The zero-order chi connectivity index (χ0) is 29.4. The molecule has 4 atom stereocenters. The van der Waals surface area contributed by atoms with Crippen molar-refractivity contribution in [3.05, 3.63) is 63.3 Å². The van der Waals surface area contributed by atoms with Crippen molar-refractivity contribution in [2.45, 2.75) is 91.0 Å². The van der Waals surface area contributed by atoms with Crippen LogP contribution in [0.1, 0.15) is 82.8 Å². The molecule has 0 radical (unpaired) electrons. The Kier molecular flexibility index (Phi) is 6.53. The number of ketones is 2. The number of phenols is 2. The lowest BCUT2D eigenvalue weighted by molar-refractivity contribution is -0.171. The second-order valence-corrected chi connectivity index (χ2v) is 12.6. The number of fused-ring (bicyclic) bond motifs is 1. The molecule has 1 saturated carbocycles. The third-order valence-corrected chi connectivity index (χ3v) is 9.02. The number of benzene rings is 1. The first-order valence-corrected chi connectivity index (χ1v) is 13.9. The van der Waals surface area contributed by atoms with Gasteiger partial charge in [0.15, 0.2) is 22.8 Å². The Bertz CT molecular complexity index is 1460. The Labute approximate surface area is 235 Å². The fourth-order valence-electron chi connectivity index (χ4n) is 7.11. The molecule has 1 saturated heterocycles. The number of aromatic hydroxyl groups is 2. The number of hydrogen-bond donors (Lipinski definition) is 2. The summed E-state index contributed by atoms with van der Waals surface area (Å²) in [6.07, 6.45) is 8.92. The molecule has 2 aliphatic heterocycles. The van der Waals surface area contributed by atoms with Crippen molar-refractivity contribution in [1.29, 1.82) is 0 Å². The summed E-state index contributed by atoms with van der Waals surface area (Å²) >= 11 is 0. The molecule has 5 aliphatic rings. The largest absolute Gasteiger partial charge is 0.507 e. The lowest BCUT2D eigenvalue weighted by atomic mass is 9.51. The molecule has 2 heterocycles. The minimum atomic E-state index is -1.54. The minimum absolute atomic E-state index is 0.0101. The van der Waals surface area contributed by atoms with Crippen molar-refractivity contribution in [3.63, 3.8) is 0 Å². The highest BCUT2D eigenvalue weighted by Crippen LogP contribution is 2.68. The Morgan fingerprint density at radius 1 is 0.975 bits per heavy atom. The second kappa shape index (κ2) is 9.30. The van der Waals surface area contributed by atoms with Crippen molar-refractivity contribution >= 4 is 17.9 Å². The molecule has 40 heavy (non-hydrogen) atoms. The molecule has 1 unspecified atom stereocenters. The zero-order valence-corrected chi connectivity index (χ0v) is 24.3. The number of aldehydes is 1. The van der Waals surface area contributed by atoms with Crippen molar-refractivity contribution in [2.24, 2.45) is 11.8 Å². The quantitative estimate of drug-likeness (QED) is 0.258. The van der Waals surface area contributed by atoms with Gasteiger partial charge in [-0.1, -0.05) is 35.5 Å². The number of ether oxygens (including phenoxy) is 2. The summed E-state index contributed by atoms with van der Waals surface area (Å²) in [7, 11) is 0. The van der Waals surface area contributed by atoms with Gasteiger partial charge in [0.1, 0.15) is 29.1 Å². The average Bonchev–Trinajstić information content (AvgIpc) is 3.03. The van der Waals surface area contributed by atoms with Gasteiger partial charge in [-0.25, -0.2) is 0 Å². The van der Waals surface area contributed by atoms with E-state index < -0.39 is 28.5 Å². The summed E-state index contributed by atoms with van der Waals surface area (Å²) in [5.41, 5.74) is -0.386. The van der Waals surface area contributed by atoms with Gasteiger partial charge in [-0.2, -0.15) is 0 Å². The molecule has 2 N–H and O–H groups in total. The molecular weight excluding hydrogens is 508 g/mol. The molecule has 3 aliphatic carbocycles. The molecule has 1 aromatic carbocycles. The lowest BCUT2D eigenvalue weighted by Crippen LogP contribution is -2.72. The fraction of sp³-hybridized carbons (Fsp3) is 0.485. The van der Waals surface area contributed by atoms with Crippen molar-refractivity contribution in [2.75, 3.05) is 0 Å². The standard InChI is InChI=1S/C33H38O7/c1-17(2)8-10-21-26(35)22(11-9-18(3)4)29-25(27(21)36)28(37)23-14-20-15-24-31(6,7)40-32(30(20)38,33(23,24)39-29)13-12-19(5)16-34/h8-9,12,14,16,20,24,35-36H,10-11,13,15H2,1-7H3/b19-12+/t20-,24?,32+,33-/m1/s1. The summed E-state index contributed by atoms with van der Waals surface area (Å²) in [6, 6.07) is 0. The van der Waals surface area contributed by atoms with Crippen LogP contribution in [0.25, 0.3) is 0 Å². The number of carbonyl (C=O) groups is 3. The van der Waals surface area contributed by atoms with E-state index >= 15 is 0 Å². The first-order chi connectivity index (χ1) is 18.7. The van der Waals surface area contributed by atoms with E-state index in [0.29, 0.717) is 23.1 Å². The van der Waals surface area contributed by atoms with E-state index in [4.69, 9.17) is 9.47 Å². The van der Waals surface area contributed by atoms with Crippen LogP contribution in [0.2, 0.25) is 0 Å². The van der Waals surface area contributed by atoms with Crippen LogP contribution >= 0.6 is 0 Å².